The summed E-state index contributed by atoms with van der Waals surface area (Å²) in [6.07, 6.45) is 1.47. The second-order valence-corrected chi connectivity index (χ2v) is 4.96. The van der Waals surface area contributed by atoms with Crippen LogP contribution in [0.25, 0.3) is 0 Å². The first-order valence-corrected chi connectivity index (χ1v) is 5.86. The number of halogens is 1. The van der Waals surface area contributed by atoms with E-state index in [1.54, 1.807) is 0 Å². The fourth-order valence-corrected chi connectivity index (χ4v) is 2.39. The minimum Gasteiger partial charge on any atom is -0.489 e. The molecule has 0 bridgehead atoms. The first-order valence-electron chi connectivity index (χ1n) is 4.90. The van der Waals surface area contributed by atoms with Crippen LogP contribution in [0.15, 0.2) is 30.3 Å². The third-order valence-electron chi connectivity index (χ3n) is 2.51. The predicted octanol–water partition coefficient (Wildman–Crippen LogP) is 2.88. The van der Waals surface area contributed by atoms with E-state index in [0.717, 1.165) is 18.7 Å². The van der Waals surface area contributed by atoms with E-state index in [1.165, 1.54) is 0 Å². The summed E-state index contributed by atoms with van der Waals surface area (Å²) in [4.78, 5) is 0. The van der Waals surface area contributed by atoms with Crippen molar-refractivity contribution in [3.05, 3.63) is 30.3 Å². The lowest BCUT2D eigenvalue weighted by molar-refractivity contribution is 0.217. The van der Waals surface area contributed by atoms with Crippen LogP contribution in [-0.4, -0.2) is 21.8 Å². The summed E-state index contributed by atoms with van der Waals surface area (Å²) in [5.41, 5.74) is 0. The molecular weight excluding hydrogens is 289 g/mol. The van der Waals surface area contributed by atoms with E-state index < -0.39 is 0 Å². The topological polar surface area (TPSA) is 12.5 Å². The largest absolute Gasteiger partial charge is 0.489 e. The first-order chi connectivity index (χ1) is 6.75. The van der Waals surface area contributed by atoms with Gasteiger partial charge in [0.1, 0.15) is 11.9 Å². The molecule has 1 aromatic rings. The number of ether oxygens (including phenoxy) is 1. The molecule has 1 saturated heterocycles. The van der Waals surface area contributed by atoms with Gasteiger partial charge in [-0.3, -0.25) is 0 Å². The molecule has 2 nitrogen and oxygen atoms in total. The molecule has 0 aliphatic carbocycles. The third kappa shape index (κ3) is 2.39. The Morgan fingerprint density at radius 1 is 1.36 bits per heavy atom. The quantitative estimate of drug-likeness (QED) is 0.615. The van der Waals surface area contributed by atoms with Gasteiger partial charge in [0.15, 0.2) is 0 Å². The highest BCUT2D eigenvalue weighted by molar-refractivity contribution is 14.1. The van der Waals surface area contributed by atoms with Gasteiger partial charge in [0.2, 0.25) is 0 Å². The molecule has 0 N–H and O–H groups in total. The standard InChI is InChI=1S/C11H14INO/c1-9-7-11(8-13(9)12)14-10-5-3-2-4-6-10/h2-6,9,11H,7-8H2,1H3. The van der Waals surface area contributed by atoms with Crippen molar-refractivity contribution in [1.29, 1.82) is 0 Å². The van der Waals surface area contributed by atoms with Gasteiger partial charge in [-0.05, 0) is 19.1 Å². The Hall–Kier alpha value is -0.290. The summed E-state index contributed by atoms with van der Waals surface area (Å²) < 4.78 is 8.18. The van der Waals surface area contributed by atoms with Gasteiger partial charge in [0.05, 0.1) is 0 Å². The zero-order valence-corrected chi connectivity index (χ0v) is 10.3. The highest BCUT2D eigenvalue weighted by Crippen LogP contribution is 2.24. The van der Waals surface area contributed by atoms with Crippen LogP contribution in [0, 0.1) is 0 Å². The molecule has 0 amide bonds. The van der Waals surface area contributed by atoms with Crippen LogP contribution >= 0.6 is 22.9 Å². The van der Waals surface area contributed by atoms with Crippen LogP contribution in [0.2, 0.25) is 0 Å². The molecule has 1 fully saturated rings. The molecule has 0 saturated carbocycles. The zero-order chi connectivity index (χ0) is 9.97. The van der Waals surface area contributed by atoms with E-state index in [-0.39, 0.29) is 0 Å². The maximum atomic E-state index is 5.87. The van der Waals surface area contributed by atoms with Crippen molar-refractivity contribution in [1.82, 2.24) is 3.11 Å². The molecule has 14 heavy (non-hydrogen) atoms. The number of benzene rings is 1. The average Bonchev–Trinajstić information content (AvgIpc) is 2.47. The summed E-state index contributed by atoms with van der Waals surface area (Å²) in [5, 5.41) is 0. The summed E-state index contributed by atoms with van der Waals surface area (Å²) >= 11 is 2.37. The maximum Gasteiger partial charge on any atom is 0.119 e. The van der Waals surface area contributed by atoms with Gasteiger partial charge in [-0.1, -0.05) is 18.2 Å². The fraction of sp³-hybridized carbons (Fsp3) is 0.455. The summed E-state index contributed by atoms with van der Waals surface area (Å²) in [6, 6.07) is 10.7. The maximum absolute atomic E-state index is 5.87. The number of hydrogen-bond donors (Lipinski definition) is 0. The molecule has 1 aromatic carbocycles. The number of nitrogens with zero attached hydrogens (tertiary/aromatic N) is 1. The smallest absolute Gasteiger partial charge is 0.119 e. The van der Waals surface area contributed by atoms with E-state index in [1.807, 2.05) is 30.3 Å². The molecule has 1 aliphatic rings. The second-order valence-electron chi connectivity index (χ2n) is 3.72. The molecule has 0 radical (unpaired) electrons. The Morgan fingerprint density at radius 2 is 2.07 bits per heavy atom. The SMILES string of the molecule is CC1CC(Oc2ccccc2)CN1I. The predicted molar refractivity (Wildman–Crippen MR) is 65.7 cm³/mol. The van der Waals surface area contributed by atoms with Crippen LogP contribution in [-0.2, 0) is 0 Å². The van der Waals surface area contributed by atoms with Gasteiger partial charge >= 0.3 is 0 Å². The molecule has 2 rings (SSSR count). The van der Waals surface area contributed by atoms with Crippen LogP contribution in [0.4, 0.5) is 0 Å². The Labute approximate surface area is 98.7 Å². The van der Waals surface area contributed by atoms with Crippen molar-refractivity contribution in [2.24, 2.45) is 0 Å². The van der Waals surface area contributed by atoms with Crippen molar-refractivity contribution in [2.75, 3.05) is 6.54 Å². The summed E-state index contributed by atoms with van der Waals surface area (Å²) in [5.74, 6) is 0.983. The van der Waals surface area contributed by atoms with Crippen molar-refractivity contribution in [3.8, 4) is 5.75 Å². The molecule has 2 atom stereocenters. The third-order valence-corrected chi connectivity index (χ3v) is 3.85. The molecule has 3 heteroatoms. The molecule has 1 aliphatic heterocycles. The lowest BCUT2D eigenvalue weighted by atomic mass is 10.2. The van der Waals surface area contributed by atoms with E-state index in [2.05, 4.69) is 32.9 Å². The van der Waals surface area contributed by atoms with Gasteiger partial charge in [-0.15, -0.1) is 0 Å². The monoisotopic (exact) mass is 303 g/mol. The normalized spacial score (nSPS) is 27.9. The minimum absolute atomic E-state index is 0.351. The number of rotatable bonds is 2. The second kappa shape index (κ2) is 4.49. The Kier molecular flexibility index (Phi) is 3.28. The Balaban J connectivity index is 1.94. The van der Waals surface area contributed by atoms with Gasteiger partial charge in [0.25, 0.3) is 0 Å². The lowest BCUT2D eigenvalue weighted by Crippen LogP contribution is -2.18. The zero-order valence-electron chi connectivity index (χ0n) is 8.19. The van der Waals surface area contributed by atoms with Gasteiger partial charge in [-0.25, -0.2) is 3.11 Å². The Morgan fingerprint density at radius 3 is 2.64 bits per heavy atom. The number of para-hydroxylation sites is 1. The van der Waals surface area contributed by atoms with Gasteiger partial charge in [0, 0.05) is 41.9 Å². The van der Waals surface area contributed by atoms with E-state index in [0.29, 0.717) is 12.1 Å². The van der Waals surface area contributed by atoms with E-state index in [4.69, 9.17) is 4.74 Å². The number of hydrogen-bond acceptors (Lipinski definition) is 2. The highest BCUT2D eigenvalue weighted by Gasteiger charge is 2.28. The van der Waals surface area contributed by atoms with Crippen LogP contribution in [0.5, 0.6) is 5.75 Å². The summed E-state index contributed by atoms with van der Waals surface area (Å²) in [6.45, 7) is 3.26. The van der Waals surface area contributed by atoms with Crippen molar-refractivity contribution >= 4 is 22.9 Å². The van der Waals surface area contributed by atoms with Crippen LogP contribution in [0.3, 0.4) is 0 Å². The fourth-order valence-electron chi connectivity index (χ4n) is 1.72. The first kappa shape index (κ1) is 10.2. The Bertz CT molecular complexity index is 281. The van der Waals surface area contributed by atoms with E-state index in [9.17, 15) is 0 Å². The van der Waals surface area contributed by atoms with Gasteiger partial charge in [-0.2, -0.15) is 0 Å². The molecule has 0 aromatic heterocycles. The molecule has 76 valence electrons. The van der Waals surface area contributed by atoms with Crippen LogP contribution < -0.4 is 4.74 Å². The highest BCUT2D eigenvalue weighted by atomic mass is 127. The summed E-state index contributed by atoms with van der Waals surface area (Å²) in [7, 11) is 0. The molecule has 1 heterocycles. The minimum atomic E-state index is 0.351. The molecule has 2 unspecified atom stereocenters. The van der Waals surface area contributed by atoms with Crippen molar-refractivity contribution < 1.29 is 4.74 Å². The van der Waals surface area contributed by atoms with Crippen molar-refractivity contribution in [2.45, 2.75) is 25.5 Å². The molecular formula is C11H14INO. The average molecular weight is 303 g/mol. The molecule has 0 spiro atoms. The van der Waals surface area contributed by atoms with Crippen molar-refractivity contribution in [3.63, 3.8) is 0 Å². The lowest BCUT2D eigenvalue weighted by Gasteiger charge is -2.12. The van der Waals surface area contributed by atoms with Crippen LogP contribution in [0.1, 0.15) is 13.3 Å². The van der Waals surface area contributed by atoms with E-state index >= 15 is 0 Å². The van der Waals surface area contributed by atoms with Gasteiger partial charge < -0.3 is 4.74 Å².